The van der Waals surface area contributed by atoms with Crippen molar-refractivity contribution in [3.05, 3.63) is 72.4 Å². The van der Waals surface area contributed by atoms with Gasteiger partial charge in [-0.05, 0) is 37.0 Å². The van der Waals surface area contributed by atoms with Gasteiger partial charge in [-0.1, -0.05) is 55.7 Å². The highest BCUT2D eigenvalue weighted by Gasteiger charge is 2.06. The molecule has 124 valence electrons. The van der Waals surface area contributed by atoms with Crippen LogP contribution in [0, 0.1) is 0 Å². The summed E-state index contributed by atoms with van der Waals surface area (Å²) in [4.78, 5) is 8.82. The summed E-state index contributed by atoms with van der Waals surface area (Å²) < 4.78 is 5.55. The van der Waals surface area contributed by atoms with E-state index in [4.69, 9.17) is 4.42 Å². The maximum atomic E-state index is 5.55. The first-order valence-corrected chi connectivity index (χ1v) is 8.81. The van der Waals surface area contributed by atoms with Gasteiger partial charge in [0.2, 0.25) is 0 Å². The number of rotatable bonds is 9. The Labute approximate surface area is 143 Å². The Balaban J connectivity index is 1.30. The minimum atomic E-state index is 0.819. The van der Waals surface area contributed by atoms with E-state index in [1.165, 1.54) is 37.7 Å². The van der Waals surface area contributed by atoms with Crippen molar-refractivity contribution in [2.45, 2.75) is 44.9 Å². The second kappa shape index (κ2) is 9.02. The Morgan fingerprint density at radius 1 is 0.708 bits per heavy atom. The summed E-state index contributed by atoms with van der Waals surface area (Å²) in [6, 6.07) is 16.5. The molecule has 0 saturated heterocycles. The summed E-state index contributed by atoms with van der Waals surface area (Å²) in [7, 11) is 0. The number of aryl methyl sites for hydroxylation is 2. The van der Waals surface area contributed by atoms with Crippen molar-refractivity contribution in [3.8, 4) is 11.4 Å². The molecule has 0 amide bonds. The lowest BCUT2D eigenvalue weighted by Gasteiger charge is -2.01. The predicted molar refractivity (Wildman–Crippen MR) is 96.7 cm³/mol. The molecule has 3 aromatic rings. The maximum absolute atomic E-state index is 5.55. The topological polar surface area (TPSA) is 38.9 Å². The molecule has 3 rings (SSSR count). The molecule has 2 aromatic heterocycles. The van der Waals surface area contributed by atoms with Gasteiger partial charge in [0.05, 0.1) is 5.69 Å². The standard InChI is InChI=1S/C21H24N2O/c1(2-5-11-18-12-6-4-7-13-18)3-8-15-21-23-20(17-24-21)19-14-9-10-16-22-19/h4,6-7,9-10,12-14,16-17H,1-3,5,8,11,15H2. The van der Waals surface area contributed by atoms with Crippen LogP contribution in [-0.4, -0.2) is 9.97 Å². The summed E-state index contributed by atoms with van der Waals surface area (Å²) in [5, 5.41) is 0. The van der Waals surface area contributed by atoms with Gasteiger partial charge in [-0.25, -0.2) is 4.98 Å². The fourth-order valence-corrected chi connectivity index (χ4v) is 2.84. The molecule has 0 spiro atoms. The highest BCUT2D eigenvalue weighted by molar-refractivity contribution is 5.51. The van der Waals surface area contributed by atoms with Gasteiger partial charge in [0, 0.05) is 12.6 Å². The molecular weight excluding hydrogens is 296 g/mol. The van der Waals surface area contributed by atoms with Gasteiger partial charge in [0.15, 0.2) is 5.89 Å². The second-order valence-corrected chi connectivity index (χ2v) is 6.09. The number of aromatic nitrogens is 2. The van der Waals surface area contributed by atoms with Crippen molar-refractivity contribution in [1.82, 2.24) is 9.97 Å². The van der Waals surface area contributed by atoms with Crippen LogP contribution in [0.25, 0.3) is 11.4 Å². The van der Waals surface area contributed by atoms with Crippen LogP contribution in [0.15, 0.2) is 65.4 Å². The highest BCUT2D eigenvalue weighted by atomic mass is 16.3. The summed E-state index contributed by atoms with van der Waals surface area (Å²) >= 11 is 0. The van der Waals surface area contributed by atoms with E-state index in [2.05, 4.69) is 40.3 Å². The van der Waals surface area contributed by atoms with Gasteiger partial charge in [-0.3, -0.25) is 4.98 Å². The van der Waals surface area contributed by atoms with Gasteiger partial charge < -0.3 is 4.42 Å². The lowest BCUT2D eigenvalue weighted by molar-refractivity contribution is 0.478. The summed E-state index contributed by atoms with van der Waals surface area (Å²) in [6.07, 6.45) is 11.8. The van der Waals surface area contributed by atoms with Crippen LogP contribution in [0.1, 0.15) is 43.6 Å². The number of unbranched alkanes of at least 4 members (excludes halogenated alkanes) is 4. The van der Waals surface area contributed by atoms with Crippen LogP contribution in [0.2, 0.25) is 0 Å². The summed E-state index contributed by atoms with van der Waals surface area (Å²) in [5.41, 5.74) is 3.14. The van der Waals surface area contributed by atoms with Crippen LogP contribution >= 0.6 is 0 Å². The lowest BCUT2D eigenvalue weighted by Crippen LogP contribution is -1.89. The molecule has 3 nitrogen and oxygen atoms in total. The molecule has 0 saturated carbocycles. The van der Waals surface area contributed by atoms with Crippen LogP contribution in [0.4, 0.5) is 0 Å². The van der Waals surface area contributed by atoms with Crippen LogP contribution in [-0.2, 0) is 12.8 Å². The fraction of sp³-hybridized carbons (Fsp3) is 0.333. The first kappa shape index (κ1) is 16.4. The molecule has 0 aliphatic rings. The lowest BCUT2D eigenvalue weighted by atomic mass is 10.1. The van der Waals surface area contributed by atoms with E-state index in [1.54, 1.807) is 12.5 Å². The number of nitrogens with zero attached hydrogens (tertiary/aromatic N) is 2. The van der Waals surface area contributed by atoms with Gasteiger partial charge in [0.1, 0.15) is 12.0 Å². The third kappa shape index (κ3) is 5.05. The zero-order valence-corrected chi connectivity index (χ0v) is 14.0. The summed E-state index contributed by atoms with van der Waals surface area (Å²) in [5.74, 6) is 0.819. The average molecular weight is 320 g/mol. The summed E-state index contributed by atoms with van der Waals surface area (Å²) in [6.45, 7) is 0. The Morgan fingerprint density at radius 3 is 2.25 bits per heavy atom. The average Bonchev–Trinajstić information content (AvgIpc) is 3.11. The molecule has 0 radical (unpaired) electrons. The van der Waals surface area contributed by atoms with Gasteiger partial charge in [-0.15, -0.1) is 0 Å². The molecule has 0 fully saturated rings. The number of hydrogen-bond acceptors (Lipinski definition) is 3. The van der Waals surface area contributed by atoms with Crippen molar-refractivity contribution in [1.29, 1.82) is 0 Å². The number of pyridine rings is 1. The van der Waals surface area contributed by atoms with Crippen molar-refractivity contribution in [2.24, 2.45) is 0 Å². The van der Waals surface area contributed by atoms with E-state index < -0.39 is 0 Å². The molecular formula is C21H24N2O. The molecule has 24 heavy (non-hydrogen) atoms. The number of oxazole rings is 1. The zero-order chi connectivity index (χ0) is 16.5. The molecule has 3 heteroatoms. The highest BCUT2D eigenvalue weighted by Crippen LogP contribution is 2.17. The van der Waals surface area contributed by atoms with Crippen molar-refractivity contribution in [3.63, 3.8) is 0 Å². The zero-order valence-electron chi connectivity index (χ0n) is 14.0. The van der Waals surface area contributed by atoms with E-state index in [0.717, 1.165) is 30.1 Å². The molecule has 0 bridgehead atoms. The Kier molecular flexibility index (Phi) is 6.18. The van der Waals surface area contributed by atoms with Crippen LogP contribution < -0.4 is 0 Å². The molecule has 0 N–H and O–H groups in total. The first-order valence-electron chi connectivity index (χ1n) is 8.81. The quantitative estimate of drug-likeness (QED) is 0.491. The van der Waals surface area contributed by atoms with Gasteiger partial charge in [-0.2, -0.15) is 0 Å². The number of benzene rings is 1. The van der Waals surface area contributed by atoms with E-state index in [1.807, 2.05) is 18.2 Å². The number of hydrogen-bond donors (Lipinski definition) is 0. The maximum Gasteiger partial charge on any atom is 0.194 e. The minimum absolute atomic E-state index is 0.819. The van der Waals surface area contributed by atoms with E-state index in [-0.39, 0.29) is 0 Å². The van der Waals surface area contributed by atoms with Crippen molar-refractivity contribution < 1.29 is 4.42 Å². The van der Waals surface area contributed by atoms with Crippen molar-refractivity contribution >= 4 is 0 Å². The van der Waals surface area contributed by atoms with E-state index in [0.29, 0.717) is 0 Å². The predicted octanol–water partition coefficient (Wildman–Crippen LogP) is 5.47. The smallest absolute Gasteiger partial charge is 0.194 e. The Morgan fingerprint density at radius 2 is 1.46 bits per heavy atom. The van der Waals surface area contributed by atoms with Gasteiger partial charge >= 0.3 is 0 Å². The van der Waals surface area contributed by atoms with E-state index in [9.17, 15) is 0 Å². The van der Waals surface area contributed by atoms with E-state index >= 15 is 0 Å². The third-order valence-corrected chi connectivity index (χ3v) is 4.18. The molecule has 0 aliphatic carbocycles. The van der Waals surface area contributed by atoms with Crippen LogP contribution in [0.5, 0.6) is 0 Å². The Bertz CT molecular complexity index is 707. The van der Waals surface area contributed by atoms with Crippen molar-refractivity contribution in [2.75, 3.05) is 0 Å². The minimum Gasteiger partial charge on any atom is -0.448 e. The molecule has 0 aliphatic heterocycles. The molecule has 0 atom stereocenters. The van der Waals surface area contributed by atoms with Crippen LogP contribution in [0.3, 0.4) is 0 Å². The normalized spacial score (nSPS) is 10.8. The second-order valence-electron chi connectivity index (χ2n) is 6.09. The third-order valence-electron chi connectivity index (χ3n) is 4.18. The fourth-order valence-electron chi connectivity index (χ4n) is 2.84. The molecule has 2 heterocycles. The Hall–Kier alpha value is -2.42. The molecule has 1 aromatic carbocycles. The molecule has 0 unspecified atom stereocenters. The largest absolute Gasteiger partial charge is 0.448 e. The SMILES string of the molecule is c1ccc(CCCCCCCc2nc(-c3ccccn3)co2)cc1. The first-order chi connectivity index (χ1) is 11.9. The monoisotopic (exact) mass is 320 g/mol. The van der Waals surface area contributed by atoms with Gasteiger partial charge in [0.25, 0.3) is 0 Å².